The van der Waals surface area contributed by atoms with E-state index in [0.29, 0.717) is 6.04 Å². The lowest BCUT2D eigenvalue weighted by atomic mass is 10.1. The third-order valence-corrected chi connectivity index (χ3v) is 3.08. The molecule has 0 bridgehead atoms. The summed E-state index contributed by atoms with van der Waals surface area (Å²) in [5.74, 6) is 0. The van der Waals surface area contributed by atoms with E-state index in [4.69, 9.17) is 10.5 Å². The molecule has 1 aliphatic rings. The quantitative estimate of drug-likeness (QED) is 0.829. The smallest absolute Gasteiger partial charge is 0.0623 e. The maximum absolute atomic E-state index is 5.63. The second kappa shape index (κ2) is 5.99. The highest BCUT2D eigenvalue weighted by Gasteiger charge is 2.21. The fourth-order valence-corrected chi connectivity index (χ4v) is 2.17. The maximum Gasteiger partial charge on any atom is 0.0623 e. The summed E-state index contributed by atoms with van der Waals surface area (Å²) in [6.45, 7) is 4.42. The van der Waals surface area contributed by atoms with Gasteiger partial charge < -0.3 is 10.5 Å². The molecule has 2 rings (SSSR count). The monoisotopic (exact) mass is 220 g/mol. The van der Waals surface area contributed by atoms with Crippen LogP contribution < -0.4 is 5.73 Å². The highest BCUT2D eigenvalue weighted by atomic mass is 16.5. The average molecular weight is 220 g/mol. The van der Waals surface area contributed by atoms with Gasteiger partial charge in [0.2, 0.25) is 0 Å². The van der Waals surface area contributed by atoms with Crippen LogP contribution in [0.15, 0.2) is 30.3 Å². The molecule has 3 nitrogen and oxygen atoms in total. The Kier molecular flexibility index (Phi) is 4.34. The summed E-state index contributed by atoms with van der Waals surface area (Å²) in [6.07, 6.45) is 1.02. The summed E-state index contributed by atoms with van der Waals surface area (Å²) in [5, 5.41) is 0. The van der Waals surface area contributed by atoms with Gasteiger partial charge in [-0.15, -0.1) is 0 Å². The van der Waals surface area contributed by atoms with Crippen LogP contribution in [0.3, 0.4) is 0 Å². The lowest BCUT2D eigenvalue weighted by Crippen LogP contribution is -2.45. The minimum absolute atomic E-state index is 0.485. The Bertz CT molecular complexity index is 300. The average Bonchev–Trinajstić information content (AvgIpc) is 2.33. The van der Waals surface area contributed by atoms with Gasteiger partial charge in [0.15, 0.2) is 0 Å². The van der Waals surface area contributed by atoms with E-state index in [1.54, 1.807) is 0 Å². The molecule has 0 spiro atoms. The van der Waals surface area contributed by atoms with E-state index in [9.17, 15) is 0 Å². The second-order valence-corrected chi connectivity index (χ2v) is 4.26. The summed E-state index contributed by atoms with van der Waals surface area (Å²) in [6, 6.07) is 11.1. The predicted octanol–water partition coefficient (Wildman–Crippen LogP) is 1.24. The largest absolute Gasteiger partial charge is 0.378 e. The van der Waals surface area contributed by atoms with Crippen molar-refractivity contribution in [3.63, 3.8) is 0 Å². The van der Waals surface area contributed by atoms with Crippen LogP contribution in [0.1, 0.15) is 12.0 Å². The molecule has 88 valence electrons. The molecule has 0 saturated carbocycles. The minimum atomic E-state index is 0.485. The predicted molar refractivity (Wildman–Crippen MR) is 65.1 cm³/mol. The van der Waals surface area contributed by atoms with E-state index in [2.05, 4.69) is 35.2 Å². The van der Waals surface area contributed by atoms with E-state index in [1.807, 2.05) is 0 Å². The molecular weight excluding hydrogens is 200 g/mol. The molecule has 16 heavy (non-hydrogen) atoms. The molecule has 2 N–H and O–H groups in total. The van der Waals surface area contributed by atoms with Gasteiger partial charge in [-0.25, -0.2) is 0 Å². The van der Waals surface area contributed by atoms with E-state index >= 15 is 0 Å². The van der Waals surface area contributed by atoms with Gasteiger partial charge in [-0.3, -0.25) is 4.90 Å². The molecule has 0 aliphatic carbocycles. The van der Waals surface area contributed by atoms with Gasteiger partial charge in [-0.05, 0) is 18.5 Å². The normalized spacial score (nSPS) is 22.2. The van der Waals surface area contributed by atoms with Crippen molar-refractivity contribution in [2.24, 2.45) is 5.73 Å². The highest BCUT2D eigenvalue weighted by molar-refractivity contribution is 5.14. The zero-order chi connectivity index (χ0) is 11.2. The Morgan fingerprint density at radius 2 is 2.12 bits per heavy atom. The second-order valence-electron chi connectivity index (χ2n) is 4.26. The van der Waals surface area contributed by atoms with Crippen molar-refractivity contribution >= 4 is 0 Å². The molecule has 0 amide bonds. The van der Waals surface area contributed by atoms with Crippen molar-refractivity contribution in [1.82, 2.24) is 4.90 Å². The zero-order valence-corrected chi connectivity index (χ0v) is 9.64. The molecule has 1 aromatic carbocycles. The molecule has 3 heteroatoms. The van der Waals surface area contributed by atoms with Crippen LogP contribution >= 0.6 is 0 Å². The van der Waals surface area contributed by atoms with E-state index < -0.39 is 0 Å². The molecule has 0 aromatic heterocycles. The van der Waals surface area contributed by atoms with Gasteiger partial charge >= 0.3 is 0 Å². The first-order valence-corrected chi connectivity index (χ1v) is 5.96. The summed E-state index contributed by atoms with van der Waals surface area (Å²) < 4.78 is 5.51. The Balaban J connectivity index is 1.96. The van der Waals surface area contributed by atoms with Crippen molar-refractivity contribution in [2.45, 2.75) is 19.0 Å². The molecule has 1 saturated heterocycles. The van der Waals surface area contributed by atoms with Crippen molar-refractivity contribution in [3.8, 4) is 0 Å². The highest BCUT2D eigenvalue weighted by Crippen LogP contribution is 2.14. The fourth-order valence-electron chi connectivity index (χ4n) is 2.17. The number of nitrogens with zero attached hydrogens (tertiary/aromatic N) is 1. The third kappa shape index (κ3) is 3.04. The molecule has 0 unspecified atom stereocenters. The Morgan fingerprint density at radius 1 is 1.31 bits per heavy atom. The number of ether oxygens (including phenoxy) is 1. The van der Waals surface area contributed by atoms with Crippen LogP contribution in [-0.2, 0) is 11.3 Å². The Labute approximate surface area is 97.2 Å². The lowest BCUT2D eigenvalue weighted by Gasteiger charge is -2.35. The SMILES string of the molecule is NCC[C@@H]1COCCN1Cc1ccccc1. The number of hydrogen-bond acceptors (Lipinski definition) is 3. The zero-order valence-electron chi connectivity index (χ0n) is 9.64. The number of benzene rings is 1. The van der Waals surface area contributed by atoms with Crippen LogP contribution in [0.4, 0.5) is 0 Å². The van der Waals surface area contributed by atoms with E-state index in [-0.39, 0.29) is 0 Å². The van der Waals surface area contributed by atoms with Gasteiger partial charge in [0, 0.05) is 19.1 Å². The Morgan fingerprint density at radius 3 is 2.88 bits per heavy atom. The van der Waals surface area contributed by atoms with Crippen molar-refractivity contribution in [1.29, 1.82) is 0 Å². The summed E-state index contributed by atoms with van der Waals surface area (Å²) in [5.41, 5.74) is 7.00. The van der Waals surface area contributed by atoms with Crippen LogP contribution in [0.5, 0.6) is 0 Å². The summed E-state index contributed by atoms with van der Waals surface area (Å²) in [7, 11) is 0. The number of nitrogens with two attached hydrogens (primary N) is 1. The fraction of sp³-hybridized carbons (Fsp3) is 0.538. The summed E-state index contributed by atoms with van der Waals surface area (Å²) in [4.78, 5) is 2.48. The molecule has 1 aliphatic heterocycles. The lowest BCUT2D eigenvalue weighted by molar-refractivity contribution is -0.0135. The van der Waals surface area contributed by atoms with E-state index in [1.165, 1.54) is 5.56 Å². The van der Waals surface area contributed by atoms with Gasteiger partial charge in [-0.2, -0.15) is 0 Å². The van der Waals surface area contributed by atoms with Crippen molar-refractivity contribution in [3.05, 3.63) is 35.9 Å². The third-order valence-electron chi connectivity index (χ3n) is 3.08. The number of hydrogen-bond donors (Lipinski definition) is 1. The molecule has 1 fully saturated rings. The number of rotatable bonds is 4. The molecule has 0 radical (unpaired) electrons. The minimum Gasteiger partial charge on any atom is -0.378 e. The first-order chi connectivity index (χ1) is 7.90. The van der Waals surface area contributed by atoms with Crippen molar-refractivity contribution < 1.29 is 4.74 Å². The first-order valence-electron chi connectivity index (χ1n) is 5.96. The van der Waals surface area contributed by atoms with Gasteiger partial charge in [0.05, 0.1) is 13.2 Å². The molecule has 1 atom stereocenters. The van der Waals surface area contributed by atoms with Gasteiger partial charge in [-0.1, -0.05) is 30.3 Å². The molecular formula is C13H20N2O. The van der Waals surface area contributed by atoms with Crippen LogP contribution in [-0.4, -0.2) is 37.2 Å². The van der Waals surface area contributed by atoms with Gasteiger partial charge in [0.1, 0.15) is 0 Å². The van der Waals surface area contributed by atoms with E-state index in [0.717, 1.165) is 39.3 Å². The molecule has 1 aromatic rings. The first kappa shape index (κ1) is 11.6. The summed E-state index contributed by atoms with van der Waals surface area (Å²) >= 11 is 0. The number of morpholine rings is 1. The van der Waals surface area contributed by atoms with Crippen LogP contribution in [0, 0.1) is 0 Å². The van der Waals surface area contributed by atoms with Gasteiger partial charge in [0.25, 0.3) is 0 Å². The maximum atomic E-state index is 5.63. The molecule has 1 heterocycles. The Hall–Kier alpha value is -0.900. The van der Waals surface area contributed by atoms with Crippen molar-refractivity contribution in [2.75, 3.05) is 26.3 Å². The van der Waals surface area contributed by atoms with Crippen LogP contribution in [0.2, 0.25) is 0 Å². The topological polar surface area (TPSA) is 38.5 Å². The van der Waals surface area contributed by atoms with Crippen LogP contribution in [0.25, 0.3) is 0 Å². The standard InChI is InChI=1S/C13H20N2O/c14-7-6-13-11-16-9-8-15(13)10-12-4-2-1-3-5-12/h1-5,13H,6-11,14H2/t13-/m1/s1.